The first-order valence-electron chi connectivity index (χ1n) is 10.3. The third-order valence-corrected chi connectivity index (χ3v) is 5.52. The second-order valence-electron chi connectivity index (χ2n) is 7.72. The summed E-state index contributed by atoms with van der Waals surface area (Å²) in [6.45, 7) is 3.85. The number of aromatic amines is 1. The van der Waals surface area contributed by atoms with Crippen LogP contribution >= 0.6 is 0 Å². The van der Waals surface area contributed by atoms with Crippen molar-refractivity contribution in [2.24, 2.45) is 0 Å². The van der Waals surface area contributed by atoms with Gasteiger partial charge in [0.2, 0.25) is 0 Å². The van der Waals surface area contributed by atoms with Gasteiger partial charge >= 0.3 is 6.09 Å². The molecule has 0 radical (unpaired) electrons. The molecule has 1 unspecified atom stereocenters. The fourth-order valence-electron chi connectivity index (χ4n) is 3.70. The van der Waals surface area contributed by atoms with Crippen LogP contribution in [0.2, 0.25) is 0 Å². The minimum atomic E-state index is -0.343. The number of carbonyl (C=O) groups excluding carboxylic acids is 1. The van der Waals surface area contributed by atoms with Crippen LogP contribution in [-0.2, 0) is 11.3 Å². The molecule has 0 saturated heterocycles. The molecule has 4 rings (SSSR count). The quantitative estimate of drug-likeness (QED) is 0.469. The SMILES string of the molecule is CCC(C)NC(=O)O[C@@H]1CC[C@H](c2cc(Nc3nccn4nc(CO)cc34)n[nH]2)C1. The van der Waals surface area contributed by atoms with Crippen molar-refractivity contribution in [3.05, 3.63) is 35.9 Å². The average Bonchev–Trinajstić information content (AvgIpc) is 3.47. The predicted octanol–water partition coefficient (Wildman–Crippen LogP) is 2.85. The minimum absolute atomic E-state index is 0.0853. The Balaban J connectivity index is 1.38. The lowest BCUT2D eigenvalue weighted by atomic mass is 10.0. The normalized spacial score (nSPS) is 19.7. The van der Waals surface area contributed by atoms with E-state index in [-0.39, 0.29) is 30.8 Å². The van der Waals surface area contributed by atoms with Gasteiger partial charge in [0.05, 0.1) is 12.3 Å². The van der Waals surface area contributed by atoms with E-state index >= 15 is 0 Å². The van der Waals surface area contributed by atoms with E-state index in [0.717, 1.165) is 36.9 Å². The summed E-state index contributed by atoms with van der Waals surface area (Å²) in [7, 11) is 0. The van der Waals surface area contributed by atoms with E-state index < -0.39 is 0 Å². The van der Waals surface area contributed by atoms with E-state index in [4.69, 9.17) is 4.74 Å². The average molecular weight is 413 g/mol. The third kappa shape index (κ3) is 4.38. The summed E-state index contributed by atoms with van der Waals surface area (Å²) in [5, 5.41) is 27.1. The summed E-state index contributed by atoms with van der Waals surface area (Å²) in [5.74, 6) is 1.52. The van der Waals surface area contributed by atoms with Gasteiger partial charge in [-0.1, -0.05) is 6.92 Å². The maximum Gasteiger partial charge on any atom is 0.407 e. The molecule has 160 valence electrons. The van der Waals surface area contributed by atoms with Crippen molar-refractivity contribution in [3.63, 3.8) is 0 Å². The van der Waals surface area contributed by atoms with Gasteiger partial charge in [0.25, 0.3) is 0 Å². The minimum Gasteiger partial charge on any atom is -0.446 e. The Morgan fingerprint density at radius 3 is 3.10 bits per heavy atom. The molecule has 30 heavy (non-hydrogen) atoms. The lowest BCUT2D eigenvalue weighted by molar-refractivity contribution is 0.0974. The van der Waals surface area contributed by atoms with Gasteiger partial charge < -0.3 is 20.5 Å². The molecule has 10 heteroatoms. The van der Waals surface area contributed by atoms with Gasteiger partial charge in [-0.3, -0.25) is 5.10 Å². The highest BCUT2D eigenvalue weighted by Gasteiger charge is 2.30. The molecule has 1 aliphatic carbocycles. The number of alkyl carbamates (subject to hydrolysis) is 1. The number of nitrogens with zero attached hydrogens (tertiary/aromatic N) is 4. The highest BCUT2D eigenvalue weighted by Crippen LogP contribution is 2.36. The number of rotatable bonds is 7. The molecule has 0 aliphatic heterocycles. The Bertz CT molecular complexity index is 1010. The fraction of sp³-hybridized carbons (Fsp3) is 0.500. The lowest BCUT2D eigenvalue weighted by Gasteiger charge is -2.16. The highest BCUT2D eigenvalue weighted by molar-refractivity contribution is 5.72. The number of hydrogen-bond donors (Lipinski definition) is 4. The summed E-state index contributed by atoms with van der Waals surface area (Å²) < 4.78 is 7.22. The Hall–Kier alpha value is -3.14. The van der Waals surface area contributed by atoms with Gasteiger partial charge in [0, 0.05) is 36.1 Å². The molecule has 3 aromatic rings. The Labute approximate surface area is 174 Å². The van der Waals surface area contributed by atoms with Crippen LogP contribution in [0.1, 0.15) is 56.8 Å². The van der Waals surface area contributed by atoms with Crippen molar-refractivity contribution >= 4 is 23.2 Å². The number of aromatic nitrogens is 5. The predicted molar refractivity (Wildman–Crippen MR) is 111 cm³/mol. The summed E-state index contributed by atoms with van der Waals surface area (Å²) in [4.78, 5) is 16.3. The van der Waals surface area contributed by atoms with Gasteiger partial charge in [-0.15, -0.1) is 0 Å². The molecule has 3 aromatic heterocycles. The number of fused-ring (bicyclic) bond motifs is 1. The van der Waals surface area contributed by atoms with E-state index in [1.807, 2.05) is 19.9 Å². The molecule has 0 bridgehead atoms. The molecule has 1 fully saturated rings. The van der Waals surface area contributed by atoms with Gasteiger partial charge in [-0.05, 0) is 38.7 Å². The molecule has 3 atom stereocenters. The molecule has 1 amide bonds. The van der Waals surface area contributed by atoms with E-state index in [1.54, 1.807) is 23.0 Å². The molecule has 10 nitrogen and oxygen atoms in total. The summed E-state index contributed by atoms with van der Waals surface area (Å²) >= 11 is 0. The van der Waals surface area contributed by atoms with Crippen molar-refractivity contribution in [2.45, 2.75) is 64.2 Å². The van der Waals surface area contributed by atoms with Crippen LogP contribution in [0, 0.1) is 0 Å². The van der Waals surface area contributed by atoms with Gasteiger partial charge in [-0.25, -0.2) is 14.3 Å². The fourth-order valence-corrected chi connectivity index (χ4v) is 3.70. The Kier molecular flexibility index (Phi) is 5.84. The topological polar surface area (TPSA) is 129 Å². The molecule has 1 aliphatic rings. The van der Waals surface area contributed by atoms with Crippen LogP contribution in [0.25, 0.3) is 5.52 Å². The molecule has 3 heterocycles. The summed E-state index contributed by atoms with van der Waals surface area (Å²) in [6, 6.07) is 3.85. The van der Waals surface area contributed by atoms with Gasteiger partial charge in [0.15, 0.2) is 11.6 Å². The number of aliphatic hydroxyl groups excluding tert-OH is 1. The lowest BCUT2D eigenvalue weighted by Crippen LogP contribution is -2.34. The number of aliphatic hydroxyl groups is 1. The second kappa shape index (κ2) is 8.70. The number of H-pyrrole nitrogens is 1. The zero-order valence-corrected chi connectivity index (χ0v) is 17.1. The standard InChI is InChI=1S/C20H27N7O3/c1-3-12(2)22-20(29)30-15-5-4-13(8-15)16-10-18(25-24-16)23-19-17-9-14(11-28)26-27(17)7-6-21-19/h6-7,9-10,12-13,15,28H,3-5,8,11H2,1-2H3,(H,22,29)(H2,21,23,24,25)/t12?,13-,15+/m0/s1. The molecule has 0 spiro atoms. The van der Waals surface area contributed by atoms with Crippen molar-refractivity contribution in [1.82, 2.24) is 30.1 Å². The first-order valence-corrected chi connectivity index (χ1v) is 10.3. The zero-order valence-electron chi connectivity index (χ0n) is 17.1. The van der Waals surface area contributed by atoms with Crippen molar-refractivity contribution in [2.75, 3.05) is 5.32 Å². The van der Waals surface area contributed by atoms with Gasteiger partial charge in [0.1, 0.15) is 11.6 Å². The molecule has 0 aromatic carbocycles. The van der Waals surface area contributed by atoms with Crippen LogP contribution in [0.4, 0.5) is 16.4 Å². The van der Waals surface area contributed by atoms with E-state index in [0.29, 0.717) is 17.3 Å². The van der Waals surface area contributed by atoms with E-state index in [9.17, 15) is 9.90 Å². The molecular weight excluding hydrogens is 386 g/mol. The number of amides is 1. The number of carbonyl (C=O) groups is 1. The molecule has 1 saturated carbocycles. The number of ether oxygens (including phenoxy) is 1. The summed E-state index contributed by atoms with van der Waals surface area (Å²) in [6.07, 6.45) is 6.34. The van der Waals surface area contributed by atoms with Crippen LogP contribution in [-0.4, -0.2) is 48.1 Å². The van der Waals surface area contributed by atoms with Crippen molar-refractivity contribution in [3.8, 4) is 0 Å². The Morgan fingerprint density at radius 1 is 1.43 bits per heavy atom. The van der Waals surface area contributed by atoms with Crippen LogP contribution < -0.4 is 10.6 Å². The van der Waals surface area contributed by atoms with E-state index in [2.05, 4.69) is 30.9 Å². The van der Waals surface area contributed by atoms with Gasteiger partial charge in [-0.2, -0.15) is 10.2 Å². The largest absolute Gasteiger partial charge is 0.446 e. The smallest absolute Gasteiger partial charge is 0.407 e. The van der Waals surface area contributed by atoms with Crippen LogP contribution in [0.3, 0.4) is 0 Å². The first-order chi connectivity index (χ1) is 14.6. The maximum absolute atomic E-state index is 12.0. The highest BCUT2D eigenvalue weighted by atomic mass is 16.6. The number of nitrogens with one attached hydrogen (secondary N) is 3. The molecule has 4 N–H and O–H groups in total. The maximum atomic E-state index is 12.0. The summed E-state index contributed by atoms with van der Waals surface area (Å²) in [5.41, 5.74) is 2.33. The van der Waals surface area contributed by atoms with Crippen molar-refractivity contribution in [1.29, 1.82) is 0 Å². The van der Waals surface area contributed by atoms with Crippen LogP contribution in [0.15, 0.2) is 24.5 Å². The molecular formula is C20H27N7O3. The van der Waals surface area contributed by atoms with Crippen LogP contribution in [0.5, 0.6) is 0 Å². The number of anilines is 2. The zero-order chi connectivity index (χ0) is 21.1. The first kappa shape index (κ1) is 20.1. The third-order valence-electron chi connectivity index (χ3n) is 5.52. The van der Waals surface area contributed by atoms with E-state index in [1.165, 1.54) is 0 Å². The monoisotopic (exact) mass is 413 g/mol. The Morgan fingerprint density at radius 2 is 2.30 bits per heavy atom. The van der Waals surface area contributed by atoms with Crippen molar-refractivity contribution < 1.29 is 14.6 Å². The number of hydrogen-bond acceptors (Lipinski definition) is 7. The second-order valence-corrected chi connectivity index (χ2v) is 7.72.